The quantitative estimate of drug-likeness (QED) is 0.674. The van der Waals surface area contributed by atoms with Gasteiger partial charge < -0.3 is 4.74 Å². The highest BCUT2D eigenvalue weighted by Crippen LogP contribution is 2.20. The summed E-state index contributed by atoms with van der Waals surface area (Å²) in [4.78, 5) is 13.7. The van der Waals surface area contributed by atoms with Crippen molar-refractivity contribution in [1.29, 1.82) is 0 Å². The van der Waals surface area contributed by atoms with Gasteiger partial charge in [-0.15, -0.1) is 0 Å². The summed E-state index contributed by atoms with van der Waals surface area (Å²) < 4.78 is 4.73. The van der Waals surface area contributed by atoms with Crippen molar-refractivity contribution in [3.05, 3.63) is 0 Å². The van der Waals surface area contributed by atoms with Gasteiger partial charge in [0.2, 0.25) is 0 Å². The molecular weight excluding hydrogens is 210 g/mol. The molecule has 1 aliphatic heterocycles. The Balaban J connectivity index is 2.38. The zero-order chi connectivity index (χ0) is 11.1. The lowest BCUT2D eigenvalue weighted by molar-refractivity contribution is -0.142. The third-order valence-corrected chi connectivity index (χ3v) is 3.55. The van der Waals surface area contributed by atoms with Crippen molar-refractivity contribution in [3.8, 4) is 0 Å². The first-order valence-electron chi connectivity index (χ1n) is 5.57. The summed E-state index contributed by atoms with van der Waals surface area (Å²) in [5.74, 6) is 1.08. The van der Waals surface area contributed by atoms with Crippen molar-refractivity contribution < 1.29 is 9.53 Å². The van der Waals surface area contributed by atoms with Gasteiger partial charge in [-0.3, -0.25) is 9.69 Å². The number of esters is 1. The number of likely N-dealkylation sites (tertiary alicyclic amines) is 1. The Labute approximate surface area is 96.5 Å². The highest BCUT2D eigenvalue weighted by atomic mass is 32.2. The maximum atomic E-state index is 11.2. The van der Waals surface area contributed by atoms with E-state index in [2.05, 4.69) is 11.2 Å². The molecule has 1 heterocycles. The van der Waals surface area contributed by atoms with E-state index < -0.39 is 0 Å². The van der Waals surface area contributed by atoms with E-state index >= 15 is 0 Å². The van der Waals surface area contributed by atoms with Crippen LogP contribution in [0.4, 0.5) is 0 Å². The normalized spacial score (nSPS) is 22.7. The second-order valence-electron chi connectivity index (χ2n) is 3.96. The first kappa shape index (κ1) is 12.8. The fourth-order valence-electron chi connectivity index (χ4n) is 2.07. The van der Waals surface area contributed by atoms with Crippen LogP contribution in [0.5, 0.6) is 0 Å². The van der Waals surface area contributed by atoms with E-state index in [9.17, 15) is 4.79 Å². The van der Waals surface area contributed by atoms with Gasteiger partial charge in [-0.1, -0.05) is 6.42 Å². The van der Waals surface area contributed by atoms with Crippen molar-refractivity contribution in [1.82, 2.24) is 4.90 Å². The summed E-state index contributed by atoms with van der Waals surface area (Å²) in [5, 5.41) is 0. The molecule has 0 aromatic rings. The van der Waals surface area contributed by atoms with Crippen LogP contribution in [-0.2, 0) is 9.53 Å². The van der Waals surface area contributed by atoms with Gasteiger partial charge in [-0.2, -0.15) is 11.8 Å². The molecule has 0 radical (unpaired) electrons. The van der Waals surface area contributed by atoms with Gasteiger partial charge in [0.25, 0.3) is 0 Å². The topological polar surface area (TPSA) is 29.5 Å². The Hall–Kier alpha value is -0.220. The van der Waals surface area contributed by atoms with Gasteiger partial charge in [-0.05, 0) is 25.6 Å². The zero-order valence-corrected chi connectivity index (χ0v) is 10.5. The predicted molar refractivity (Wildman–Crippen MR) is 64.2 cm³/mol. The molecule has 1 fully saturated rings. The number of methoxy groups -OCH3 is 1. The van der Waals surface area contributed by atoms with Gasteiger partial charge in [0.1, 0.15) is 0 Å². The molecule has 0 aliphatic carbocycles. The number of ether oxygens (including phenoxy) is 1. The monoisotopic (exact) mass is 231 g/mol. The predicted octanol–water partition coefficient (Wildman–Crippen LogP) is 1.77. The van der Waals surface area contributed by atoms with Crippen LogP contribution in [0.25, 0.3) is 0 Å². The second-order valence-corrected chi connectivity index (χ2v) is 4.94. The Bertz CT molecular complexity index is 199. The molecule has 88 valence electrons. The highest BCUT2D eigenvalue weighted by Gasteiger charge is 2.24. The molecule has 1 unspecified atom stereocenters. The van der Waals surface area contributed by atoms with E-state index in [0.29, 0.717) is 12.5 Å². The number of carbonyl (C=O) groups excluding carboxylic acids is 1. The maximum Gasteiger partial charge on any atom is 0.307 e. The number of nitrogens with zero attached hydrogens (tertiary/aromatic N) is 1. The number of hydrogen-bond acceptors (Lipinski definition) is 4. The zero-order valence-electron chi connectivity index (χ0n) is 9.70. The lowest BCUT2D eigenvalue weighted by Gasteiger charge is -2.34. The summed E-state index contributed by atoms with van der Waals surface area (Å²) in [6.07, 6.45) is 6.34. The molecular formula is C11H21NO2S. The SMILES string of the molecule is COC(=O)CC1CCCCN1CCSC. The molecule has 0 aromatic heterocycles. The van der Waals surface area contributed by atoms with Crippen LogP contribution in [-0.4, -0.2) is 49.1 Å². The summed E-state index contributed by atoms with van der Waals surface area (Å²) in [6.45, 7) is 2.24. The van der Waals surface area contributed by atoms with E-state index in [0.717, 1.165) is 25.3 Å². The Morgan fingerprint density at radius 1 is 1.53 bits per heavy atom. The number of piperidine rings is 1. The van der Waals surface area contributed by atoms with Crippen LogP contribution < -0.4 is 0 Å². The molecule has 4 heteroatoms. The van der Waals surface area contributed by atoms with E-state index in [4.69, 9.17) is 4.74 Å². The number of hydrogen-bond donors (Lipinski definition) is 0. The van der Waals surface area contributed by atoms with E-state index in [1.54, 1.807) is 0 Å². The van der Waals surface area contributed by atoms with Crippen LogP contribution in [0.2, 0.25) is 0 Å². The largest absolute Gasteiger partial charge is 0.469 e. The molecule has 0 N–H and O–H groups in total. The molecule has 0 bridgehead atoms. The third kappa shape index (κ3) is 4.43. The summed E-state index contributed by atoms with van der Waals surface area (Å²) in [6, 6.07) is 0.415. The summed E-state index contributed by atoms with van der Waals surface area (Å²) >= 11 is 1.86. The standard InChI is InChI=1S/C11H21NO2S/c1-14-11(13)9-10-5-3-4-6-12(10)7-8-15-2/h10H,3-9H2,1-2H3. The van der Waals surface area contributed by atoms with Gasteiger partial charge in [-0.25, -0.2) is 0 Å². The average molecular weight is 231 g/mol. The van der Waals surface area contributed by atoms with E-state index in [1.807, 2.05) is 11.8 Å². The first-order chi connectivity index (χ1) is 7.27. The highest BCUT2D eigenvalue weighted by molar-refractivity contribution is 7.98. The van der Waals surface area contributed by atoms with Gasteiger partial charge in [0.05, 0.1) is 13.5 Å². The number of rotatable bonds is 5. The molecule has 0 amide bonds. The number of thioether (sulfide) groups is 1. The van der Waals surface area contributed by atoms with Gasteiger partial charge >= 0.3 is 5.97 Å². The van der Waals surface area contributed by atoms with Crippen LogP contribution >= 0.6 is 11.8 Å². The lowest BCUT2D eigenvalue weighted by atomic mass is 9.99. The maximum absolute atomic E-state index is 11.2. The Kier molecular flexibility index (Phi) is 6.10. The molecule has 1 atom stereocenters. The van der Waals surface area contributed by atoms with Crippen LogP contribution in [0.3, 0.4) is 0 Å². The fourth-order valence-corrected chi connectivity index (χ4v) is 2.49. The van der Waals surface area contributed by atoms with Gasteiger partial charge in [0, 0.05) is 18.3 Å². The fraction of sp³-hybridized carbons (Fsp3) is 0.909. The van der Waals surface area contributed by atoms with Crippen molar-refractivity contribution >= 4 is 17.7 Å². The number of carbonyl (C=O) groups is 1. The average Bonchev–Trinajstić information content (AvgIpc) is 2.28. The molecule has 1 rings (SSSR count). The molecule has 0 saturated carbocycles. The molecule has 1 saturated heterocycles. The molecule has 0 aromatic carbocycles. The van der Waals surface area contributed by atoms with Crippen LogP contribution in [0.1, 0.15) is 25.7 Å². The Morgan fingerprint density at radius 2 is 2.33 bits per heavy atom. The summed E-state index contributed by atoms with van der Waals surface area (Å²) in [7, 11) is 1.47. The minimum atomic E-state index is -0.0731. The lowest BCUT2D eigenvalue weighted by Crippen LogP contribution is -2.42. The smallest absolute Gasteiger partial charge is 0.307 e. The van der Waals surface area contributed by atoms with Crippen LogP contribution in [0, 0.1) is 0 Å². The third-order valence-electron chi connectivity index (χ3n) is 2.96. The van der Waals surface area contributed by atoms with Crippen molar-refractivity contribution in [2.24, 2.45) is 0 Å². The van der Waals surface area contributed by atoms with E-state index in [-0.39, 0.29) is 5.97 Å². The van der Waals surface area contributed by atoms with Crippen molar-refractivity contribution in [2.75, 3.05) is 32.2 Å². The van der Waals surface area contributed by atoms with Crippen molar-refractivity contribution in [2.45, 2.75) is 31.7 Å². The van der Waals surface area contributed by atoms with Crippen molar-refractivity contribution in [3.63, 3.8) is 0 Å². The Morgan fingerprint density at radius 3 is 3.00 bits per heavy atom. The molecule has 3 nitrogen and oxygen atoms in total. The summed E-state index contributed by atoms with van der Waals surface area (Å²) in [5.41, 5.74) is 0. The molecule has 15 heavy (non-hydrogen) atoms. The minimum absolute atomic E-state index is 0.0731. The minimum Gasteiger partial charge on any atom is -0.469 e. The van der Waals surface area contributed by atoms with Gasteiger partial charge in [0.15, 0.2) is 0 Å². The van der Waals surface area contributed by atoms with E-state index in [1.165, 1.54) is 20.0 Å². The van der Waals surface area contributed by atoms with Crippen LogP contribution in [0.15, 0.2) is 0 Å². The first-order valence-corrected chi connectivity index (χ1v) is 6.97. The molecule has 0 spiro atoms. The molecule has 1 aliphatic rings. The second kappa shape index (κ2) is 7.12.